The number of unbranched alkanes of at least 4 members (excludes halogenated alkanes) is 2. The number of benzene rings is 3. The molecule has 34 heavy (non-hydrogen) atoms. The highest BCUT2D eigenvalue weighted by molar-refractivity contribution is 5.94. The van der Waals surface area contributed by atoms with Crippen LogP contribution in [0.5, 0.6) is 5.75 Å². The zero-order valence-electron chi connectivity index (χ0n) is 19.5. The van der Waals surface area contributed by atoms with E-state index in [0.717, 1.165) is 60.4 Å². The first-order valence-electron chi connectivity index (χ1n) is 11.8. The lowest BCUT2D eigenvalue weighted by molar-refractivity contribution is 0.0949. The summed E-state index contributed by atoms with van der Waals surface area (Å²) in [4.78, 5) is 17.0. The van der Waals surface area contributed by atoms with Crippen molar-refractivity contribution in [1.82, 2.24) is 14.9 Å². The van der Waals surface area contributed by atoms with Crippen molar-refractivity contribution in [2.75, 3.05) is 13.2 Å². The maximum atomic E-state index is 13.7. The van der Waals surface area contributed by atoms with Gasteiger partial charge in [-0.25, -0.2) is 9.37 Å². The second-order valence-electron chi connectivity index (χ2n) is 8.33. The van der Waals surface area contributed by atoms with Gasteiger partial charge >= 0.3 is 0 Å². The minimum atomic E-state index is -0.495. The number of fused-ring (bicyclic) bond motifs is 1. The molecule has 0 atom stereocenters. The van der Waals surface area contributed by atoms with Crippen LogP contribution in [0.3, 0.4) is 0 Å². The van der Waals surface area contributed by atoms with Crippen LogP contribution in [0.4, 0.5) is 4.39 Å². The molecule has 176 valence electrons. The van der Waals surface area contributed by atoms with E-state index in [2.05, 4.69) is 16.0 Å². The molecule has 0 bridgehead atoms. The molecule has 0 saturated heterocycles. The Kier molecular flexibility index (Phi) is 7.91. The highest BCUT2D eigenvalue weighted by atomic mass is 19.1. The molecule has 0 radical (unpaired) electrons. The summed E-state index contributed by atoms with van der Waals surface area (Å²) in [5.41, 5.74) is 3.32. The second-order valence-corrected chi connectivity index (χ2v) is 8.33. The average molecular weight is 460 g/mol. The number of halogens is 1. The van der Waals surface area contributed by atoms with Crippen LogP contribution in [0.15, 0.2) is 72.8 Å². The molecule has 0 aliphatic heterocycles. The van der Waals surface area contributed by atoms with Gasteiger partial charge in [-0.05, 0) is 55.7 Å². The second kappa shape index (κ2) is 11.5. The van der Waals surface area contributed by atoms with Gasteiger partial charge in [0.2, 0.25) is 0 Å². The molecule has 6 heteroatoms. The summed E-state index contributed by atoms with van der Waals surface area (Å²) in [5.74, 6) is 1.09. The number of hydrogen-bond acceptors (Lipinski definition) is 3. The first-order chi connectivity index (χ1) is 16.6. The highest BCUT2D eigenvalue weighted by Crippen LogP contribution is 2.20. The maximum absolute atomic E-state index is 13.7. The number of aromatic nitrogens is 2. The normalized spacial score (nSPS) is 11.0. The third-order valence-corrected chi connectivity index (χ3v) is 5.88. The molecule has 0 aliphatic carbocycles. The van der Waals surface area contributed by atoms with E-state index in [0.29, 0.717) is 13.2 Å². The van der Waals surface area contributed by atoms with Crippen LogP contribution in [0.1, 0.15) is 41.0 Å². The van der Waals surface area contributed by atoms with Crippen molar-refractivity contribution in [1.29, 1.82) is 0 Å². The van der Waals surface area contributed by atoms with E-state index in [9.17, 15) is 9.18 Å². The molecular weight excluding hydrogens is 429 g/mol. The number of amides is 1. The quantitative estimate of drug-likeness (QED) is 0.293. The summed E-state index contributed by atoms with van der Waals surface area (Å²) in [5, 5.41) is 2.80. The van der Waals surface area contributed by atoms with Crippen LogP contribution < -0.4 is 10.1 Å². The fourth-order valence-electron chi connectivity index (χ4n) is 4.06. The van der Waals surface area contributed by atoms with Gasteiger partial charge in [0, 0.05) is 13.0 Å². The van der Waals surface area contributed by atoms with Crippen LogP contribution >= 0.6 is 0 Å². The minimum Gasteiger partial charge on any atom is -0.491 e. The van der Waals surface area contributed by atoms with Crippen LogP contribution in [0, 0.1) is 12.7 Å². The number of carbonyl (C=O) groups is 1. The largest absolute Gasteiger partial charge is 0.491 e. The van der Waals surface area contributed by atoms with Crippen molar-refractivity contribution in [2.24, 2.45) is 0 Å². The predicted molar refractivity (Wildman–Crippen MR) is 133 cm³/mol. The van der Waals surface area contributed by atoms with Gasteiger partial charge in [-0.2, -0.15) is 0 Å². The van der Waals surface area contributed by atoms with E-state index in [1.807, 2.05) is 49.4 Å². The Morgan fingerprint density at radius 1 is 0.971 bits per heavy atom. The van der Waals surface area contributed by atoms with Gasteiger partial charge in [0.1, 0.15) is 24.0 Å². The molecule has 3 aromatic carbocycles. The molecule has 0 unspecified atom stereocenters. The summed E-state index contributed by atoms with van der Waals surface area (Å²) < 4.78 is 22.0. The van der Waals surface area contributed by atoms with Crippen LogP contribution in [-0.2, 0) is 13.0 Å². The van der Waals surface area contributed by atoms with Gasteiger partial charge in [0.15, 0.2) is 0 Å². The van der Waals surface area contributed by atoms with Gasteiger partial charge in [-0.15, -0.1) is 0 Å². The number of aryl methyl sites for hydroxylation is 2. The number of hydrogen-bond donors (Lipinski definition) is 1. The molecule has 0 saturated carbocycles. The number of nitrogens with zero attached hydrogens (tertiary/aromatic N) is 2. The number of ether oxygens (including phenoxy) is 1. The lowest BCUT2D eigenvalue weighted by Crippen LogP contribution is -2.25. The monoisotopic (exact) mass is 459 g/mol. The Bertz CT molecular complexity index is 1250. The van der Waals surface area contributed by atoms with Crippen molar-refractivity contribution in [3.05, 3.63) is 95.6 Å². The summed E-state index contributed by atoms with van der Waals surface area (Å²) >= 11 is 0. The smallest absolute Gasteiger partial charge is 0.254 e. The Labute approximate surface area is 199 Å². The van der Waals surface area contributed by atoms with Crippen molar-refractivity contribution in [3.8, 4) is 5.75 Å². The molecule has 0 fully saturated rings. The third kappa shape index (κ3) is 5.81. The average Bonchev–Trinajstić information content (AvgIpc) is 3.20. The molecule has 1 heterocycles. The highest BCUT2D eigenvalue weighted by Gasteiger charge is 2.12. The molecule has 4 rings (SSSR count). The van der Waals surface area contributed by atoms with E-state index in [-0.39, 0.29) is 11.5 Å². The number of imidazole rings is 1. The Balaban J connectivity index is 1.28. The zero-order chi connectivity index (χ0) is 23.8. The first-order valence-corrected chi connectivity index (χ1v) is 11.8. The van der Waals surface area contributed by atoms with Crippen LogP contribution in [0.25, 0.3) is 11.0 Å². The van der Waals surface area contributed by atoms with E-state index in [1.165, 1.54) is 12.1 Å². The molecule has 1 N–H and O–H groups in total. The first kappa shape index (κ1) is 23.5. The van der Waals surface area contributed by atoms with Gasteiger partial charge in [0.25, 0.3) is 5.91 Å². The van der Waals surface area contributed by atoms with Crippen molar-refractivity contribution in [2.45, 2.75) is 39.2 Å². The molecule has 1 aromatic heterocycles. The van der Waals surface area contributed by atoms with E-state index >= 15 is 0 Å². The van der Waals surface area contributed by atoms with Gasteiger partial charge in [-0.3, -0.25) is 4.79 Å². The Morgan fingerprint density at radius 3 is 2.59 bits per heavy atom. The van der Waals surface area contributed by atoms with Crippen LogP contribution in [-0.4, -0.2) is 28.6 Å². The van der Waals surface area contributed by atoms with E-state index in [1.54, 1.807) is 12.1 Å². The molecule has 4 aromatic rings. The summed E-state index contributed by atoms with van der Waals surface area (Å²) in [6, 6.07) is 22.2. The molecule has 1 amide bonds. The Hall–Kier alpha value is -3.67. The van der Waals surface area contributed by atoms with Crippen molar-refractivity contribution < 1.29 is 13.9 Å². The van der Waals surface area contributed by atoms with Crippen molar-refractivity contribution in [3.63, 3.8) is 0 Å². The topological polar surface area (TPSA) is 56.1 Å². The predicted octanol–water partition coefficient (Wildman–Crippen LogP) is 5.71. The van der Waals surface area contributed by atoms with E-state index < -0.39 is 5.82 Å². The molecule has 5 nitrogen and oxygen atoms in total. The molecule has 0 spiro atoms. The summed E-state index contributed by atoms with van der Waals surface area (Å²) in [6.45, 7) is 3.86. The zero-order valence-corrected chi connectivity index (χ0v) is 19.5. The lowest BCUT2D eigenvalue weighted by atomic mass is 10.1. The van der Waals surface area contributed by atoms with Gasteiger partial charge in [-0.1, -0.05) is 48.9 Å². The standard InChI is InChI=1S/C28H30FN3O2/c1-21-11-4-9-16-26(21)34-20-19-32-25-15-8-7-14-24(25)31-27(32)17-3-2-10-18-30-28(33)22-12-5-6-13-23(22)29/h4-9,11-16H,2-3,10,17-20H2,1H3,(H,30,33). The number of nitrogens with one attached hydrogen (secondary N) is 1. The SMILES string of the molecule is Cc1ccccc1OCCn1c(CCCCCNC(=O)c2ccccc2F)nc2ccccc21. The fraction of sp³-hybridized carbons (Fsp3) is 0.286. The van der Waals surface area contributed by atoms with Crippen LogP contribution in [0.2, 0.25) is 0 Å². The number of carbonyl (C=O) groups excluding carboxylic acids is 1. The third-order valence-electron chi connectivity index (χ3n) is 5.88. The number of rotatable bonds is 11. The molecular formula is C28H30FN3O2. The minimum absolute atomic E-state index is 0.0872. The van der Waals surface area contributed by atoms with E-state index in [4.69, 9.17) is 9.72 Å². The summed E-state index contributed by atoms with van der Waals surface area (Å²) in [7, 11) is 0. The van der Waals surface area contributed by atoms with Crippen molar-refractivity contribution >= 4 is 16.9 Å². The Morgan fingerprint density at radius 2 is 1.74 bits per heavy atom. The maximum Gasteiger partial charge on any atom is 0.254 e. The lowest BCUT2D eigenvalue weighted by Gasteiger charge is -2.12. The number of para-hydroxylation sites is 3. The van der Waals surface area contributed by atoms with Gasteiger partial charge in [0.05, 0.1) is 23.1 Å². The molecule has 0 aliphatic rings. The fourth-order valence-corrected chi connectivity index (χ4v) is 4.06. The summed E-state index contributed by atoms with van der Waals surface area (Å²) in [6.07, 6.45) is 3.58. The van der Waals surface area contributed by atoms with Gasteiger partial charge < -0.3 is 14.6 Å².